The minimum atomic E-state index is 0. The van der Waals surface area contributed by atoms with Crippen LogP contribution in [0.3, 0.4) is 0 Å². The van der Waals surface area contributed by atoms with Gasteiger partial charge in [0, 0.05) is 26.8 Å². The van der Waals surface area contributed by atoms with Crippen molar-refractivity contribution in [1.29, 1.82) is 0 Å². The fourth-order valence-corrected chi connectivity index (χ4v) is 2.15. The van der Waals surface area contributed by atoms with Crippen molar-refractivity contribution in [2.24, 2.45) is 12.0 Å². The van der Waals surface area contributed by atoms with Crippen LogP contribution in [0.15, 0.2) is 41.5 Å². The van der Waals surface area contributed by atoms with Gasteiger partial charge in [-0.2, -0.15) is 5.10 Å². The molecule has 0 radical (unpaired) electrons. The van der Waals surface area contributed by atoms with Gasteiger partial charge in [0.05, 0.1) is 18.8 Å². The summed E-state index contributed by atoms with van der Waals surface area (Å²) in [6.07, 6.45) is 2.69. The smallest absolute Gasteiger partial charge is 0.191 e. The van der Waals surface area contributed by atoms with Crippen molar-refractivity contribution < 1.29 is 4.74 Å². The number of guanidine groups is 1. The van der Waals surface area contributed by atoms with Crippen molar-refractivity contribution >= 4 is 29.9 Å². The molecule has 0 aliphatic heterocycles. The van der Waals surface area contributed by atoms with E-state index in [1.165, 1.54) is 0 Å². The summed E-state index contributed by atoms with van der Waals surface area (Å²) < 4.78 is 7.62. The fraction of sp³-hybridized carbons (Fsp3) is 0.412. The second-order valence-electron chi connectivity index (χ2n) is 5.27. The molecule has 0 amide bonds. The zero-order chi connectivity index (χ0) is 16.5. The number of ether oxygens (including phenoxy) is 1. The van der Waals surface area contributed by atoms with E-state index < -0.39 is 0 Å². The van der Waals surface area contributed by atoms with E-state index in [1.807, 2.05) is 36.0 Å². The Morgan fingerprint density at radius 2 is 2.04 bits per heavy atom. The van der Waals surface area contributed by atoms with Crippen LogP contribution in [0.5, 0.6) is 5.75 Å². The molecule has 132 valence electrons. The molecule has 2 N–H and O–H groups in total. The Balaban J connectivity index is 0.00000288. The van der Waals surface area contributed by atoms with Crippen LogP contribution in [0.1, 0.15) is 17.7 Å². The van der Waals surface area contributed by atoms with E-state index in [0.717, 1.165) is 35.9 Å². The third-order valence-corrected chi connectivity index (χ3v) is 3.55. The van der Waals surface area contributed by atoms with Gasteiger partial charge in [0.25, 0.3) is 0 Å². The lowest BCUT2D eigenvalue weighted by molar-refractivity contribution is 0.309. The SMILES string of the molecule is CN=C(NCCCOc1ccccc1C)NCc1ccnn1C.I. The lowest BCUT2D eigenvalue weighted by Crippen LogP contribution is -2.38. The molecule has 1 aromatic carbocycles. The highest BCUT2D eigenvalue weighted by atomic mass is 127. The number of halogens is 1. The van der Waals surface area contributed by atoms with Crippen LogP contribution in [-0.4, -0.2) is 35.9 Å². The van der Waals surface area contributed by atoms with Crippen LogP contribution in [0.25, 0.3) is 0 Å². The Kier molecular flexibility index (Phi) is 9.21. The monoisotopic (exact) mass is 443 g/mol. The number of aliphatic imine (C=N–C) groups is 1. The normalized spacial score (nSPS) is 10.9. The Labute approximate surface area is 160 Å². The molecular formula is C17H26IN5O. The molecule has 0 atom stereocenters. The summed E-state index contributed by atoms with van der Waals surface area (Å²) in [7, 11) is 3.69. The summed E-state index contributed by atoms with van der Waals surface area (Å²) in [5.41, 5.74) is 2.27. The maximum absolute atomic E-state index is 5.77. The molecule has 0 aliphatic rings. The lowest BCUT2D eigenvalue weighted by atomic mass is 10.2. The van der Waals surface area contributed by atoms with Crippen molar-refractivity contribution in [3.63, 3.8) is 0 Å². The van der Waals surface area contributed by atoms with Gasteiger partial charge in [0.15, 0.2) is 5.96 Å². The highest BCUT2D eigenvalue weighted by molar-refractivity contribution is 14.0. The zero-order valence-corrected chi connectivity index (χ0v) is 16.8. The van der Waals surface area contributed by atoms with Gasteiger partial charge < -0.3 is 15.4 Å². The Bertz CT molecular complexity index is 641. The molecule has 0 unspecified atom stereocenters. The predicted molar refractivity (Wildman–Crippen MR) is 108 cm³/mol. The van der Waals surface area contributed by atoms with Gasteiger partial charge in [0.1, 0.15) is 5.75 Å². The summed E-state index contributed by atoms with van der Waals surface area (Å²) >= 11 is 0. The third-order valence-electron chi connectivity index (χ3n) is 3.55. The average Bonchev–Trinajstić information content (AvgIpc) is 2.97. The van der Waals surface area contributed by atoms with Crippen molar-refractivity contribution in [1.82, 2.24) is 20.4 Å². The van der Waals surface area contributed by atoms with E-state index >= 15 is 0 Å². The van der Waals surface area contributed by atoms with Crippen LogP contribution in [0.2, 0.25) is 0 Å². The minimum Gasteiger partial charge on any atom is -0.493 e. The minimum absolute atomic E-state index is 0. The van der Waals surface area contributed by atoms with E-state index in [-0.39, 0.29) is 24.0 Å². The Hall–Kier alpha value is -1.77. The maximum Gasteiger partial charge on any atom is 0.191 e. The number of benzene rings is 1. The molecule has 2 aromatic rings. The van der Waals surface area contributed by atoms with E-state index in [2.05, 4.69) is 33.7 Å². The molecule has 0 aliphatic carbocycles. The zero-order valence-electron chi connectivity index (χ0n) is 14.5. The quantitative estimate of drug-likeness (QED) is 0.299. The summed E-state index contributed by atoms with van der Waals surface area (Å²) in [4.78, 5) is 4.21. The molecule has 0 fully saturated rings. The number of aromatic nitrogens is 2. The van der Waals surface area contributed by atoms with Gasteiger partial charge in [-0.3, -0.25) is 9.67 Å². The number of nitrogens with one attached hydrogen (secondary N) is 2. The van der Waals surface area contributed by atoms with Crippen molar-refractivity contribution in [3.05, 3.63) is 47.8 Å². The van der Waals surface area contributed by atoms with Gasteiger partial charge in [-0.15, -0.1) is 24.0 Å². The second kappa shape index (κ2) is 10.9. The van der Waals surface area contributed by atoms with Gasteiger partial charge >= 0.3 is 0 Å². The first-order chi connectivity index (χ1) is 11.2. The van der Waals surface area contributed by atoms with E-state index in [4.69, 9.17) is 4.74 Å². The first-order valence-electron chi connectivity index (χ1n) is 7.80. The topological polar surface area (TPSA) is 63.5 Å². The van der Waals surface area contributed by atoms with E-state index in [1.54, 1.807) is 13.2 Å². The summed E-state index contributed by atoms with van der Waals surface area (Å²) in [5.74, 6) is 1.73. The van der Waals surface area contributed by atoms with Gasteiger partial charge in [-0.1, -0.05) is 18.2 Å². The maximum atomic E-state index is 5.77. The largest absolute Gasteiger partial charge is 0.493 e. The molecule has 6 nitrogen and oxygen atoms in total. The highest BCUT2D eigenvalue weighted by Crippen LogP contribution is 2.15. The van der Waals surface area contributed by atoms with Gasteiger partial charge in [-0.05, 0) is 31.0 Å². The van der Waals surface area contributed by atoms with Crippen LogP contribution in [0, 0.1) is 6.92 Å². The third kappa shape index (κ3) is 6.38. The molecule has 0 saturated carbocycles. The summed E-state index contributed by atoms with van der Waals surface area (Å²) in [6, 6.07) is 10.0. The van der Waals surface area contributed by atoms with Crippen LogP contribution in [-0.2, 0) is 13.6 Å². The van der Waals surface area contributed by atoms with Crippen LogP contribution >= 0.6 is 24.0 Å². The van der Waals surface area contributed by atoms with Crippen molar-refractivity contribution in [2.75, 3.05) is 20.2 Å². The van der Waals surface area contributed by atoms with E-state index in [0.29, 0.717) is 13.2 Å². The number of aryl methyl sites for hydroxylation is 2. The first-order valence-corrected chi connectivity index (χ1v) is 7.80. The van der Waals surface area contributed by atoms with Gasteiger partial charge in [0.2, 0.25) is 0 Å². The van der Waals surface area contributed by atoms with Crippen LogP contribution in [0.4, 0.5) is 0 Å². The van der Waals surface area contributed by atoms with Crippen LogP contribution < -0.4 is 15.4 Å². The van der Waals surface area contributed by atoms with Crippen molar-refractivity contribution in [2.45, 2.75) is 19.9 Å². The van der Waals surface area contributed by atoms with E-state index in [9.17, 15) is 0 Å². The second-order valence-corrected chi connectivity index (χ2v) is 5.27. The lowest BCUT2D eigenvalue weighted by Gasteiger charge is -2.13. The molecule has 1 aromatic heterocycles. The molecule has 24 heavy (non-hydrogen) atoms. The fourth-order valence-electron chi connectivity index (χ4n) is 2.15. The number of para-hydroxylation sites is 1. The van der Waals surface area contributed by atoms with Crippen molar-refractivity contribution in [3.8, 4) is 5.75 Å². The number of hydrogen-bond donors (Lipinski definition) is 2. The first kappa shape index (κ1) is 20.3. The highest BCUT2D eigenvalue weighted by Gasteiger charge is 2.01. The Morgan fingerprint density at radius 1 is 1.25 bits per heavy atom. The van der Waals surface area contributed by atoms with Gasteiger partial charge in [-0.25, -0.2) is 0 Å². The molecule has 7 heteroatoms. The summed E-state index contributed by atoms with van der Waals surface area (Å²) in [5, 5.41) is 10.7. The standard InChI is InChI=1S/C17H25N5O.HI/c1-14-7-4-5-8-16(14)23-12-6-10-19-17(18-2)20-13-15-9-11-21-22(15)3;/h4-5,7-9,11H,6,10,12-13H2,1-3H3,(H2,18,19,20);1H. The molecule has 0 spiro atoms. The molecule has 0 bridgehead atoms. The molecule has 0 saturated heterocycles. The average molecular weight is 443 g/mol. The number of nitrogens with zero attached hydrogens (tertiary/aromatic N) is 3. The molecule has 2 rings (SSSR count). The number of hydrogen-bond acceptors (Lipinski definition) is 3. The summed E-state index contributed by atoms with van der Waals surface area (Å²) in [6.45, 7) is 4.22. The Morgan fingerprint density at radius 3 is 2.71 bits per heavy atom. The molecular weight excluding hydrogens is 417 g/mol. The number of rotatable bonds is 7. The predicted octanol–water partition coefficient (Wildman–Crippen LogP) is 2.48. The molecule has 1 heterocycles.